The molecule has 2 heterocycles. The van der Waals surface area contributed by atoms with Crippen LogP contribution in [0.4, 0.5) is 0 Å². The van der Waals surface area contributed by atoms with Gasteiger partial charge in [-0.05, 0) is 52.4 Å². The Morgan fingerprint density at radius 1 is 1.18 bits per heavy atom. The largest absolute Gasteiger partial charge is 0.492 e. The van der Waals surface area contributed by atoms with Gasteiger partial charge in [0.1, 0.15) is 35.3 Å². The van der Waals surface area contributed by atoms with E-state index in [0.29, 0.717) is 25.3 Å². The van der Waals surface area contributed by atoms with E-state index in [1.807, 2.05) is 6.08 Å². The van der Waals surface area contributed by atoms with Crippen LogP contribution in [-0.2, 0) is 19.0 Å². The maximum absolute atomic E-state index is 13.4. The van der Waals surface area contributed by atoms with Crippen LogP contribution in [0.3, 0.4) is 0 Å². The standard InChI is InChI=1S/C28H53N9O8/c1-27(41)12-43-24(20(39)23(27)34-2)45-22-17(37-25(40)28(42)9-13(10-28)36-26(32)33)8-15(31)18(19(22)38)21-16(35-7-3-6-29)5-4-14(11-30)44-21/h4,13,15-24,34-35,38-39,41-42H,3,5-12,29-31H2,1-2H3,(H,37,40)(H4,32,33,36). The monoisotopic (exact) mass is 643 g/mol. The summed E-state index contributed by atoms with van der Waals surface area (Å²) in [5, 5.41) is 54.0. The van der Waals surface area contributed by atoms with Crippen LogP contribution in [0, 0.1) is 5.92 Å². The lowest BCUT2D eigenvalue weighted by Gasteiger charge is -2.51. The molecule has 17 N–H and O–H groups in total. The van der Waals surface area contributed by atoms with Crippen LogP contribution in [0.5, 0.6) is 0 Å². The van der Waals surface area contributed by atoms with Crippen molar-refractivity contribution >= 4 is 11.9 Å². The van der Waals surface area contributed by atoms with Crippen molar-refractivity contribution in [3.8, 4) is 0 Å². The third kappa shape index (κ3) is 7.87. The molecule has 2 saturated carbocycles. The lowest BCUT2D eigenvalue weighted by Crippen LogP contribution is -2.70. The summed E-state index contributed by atoms with van der Waals surface area (Å²) in [4.78, 5) is 17.4. The summed E-state index contributed by atoms with van der Waals surface area (Å²) < 4.78 is 18.3. The fourth-order valence-corrected chi connectivity index (χ4v) is 7.04. The number of ether oxygens (including phenoxy) is 3. The fourth-order valence-electron chi connectivity index (χ4n) is 7.04. The molecular weight excluding hydrogens is 590 g/mol. The summed E-state index contributed by atoms with van der Waals surface area (Å²) in [7, 11) is 1.59. The molecule has 17 heteroatoms. The number of hydrogen-bond donors (Lipinski definition) is 12. The summed E-state index contributed by atoms with van der Waals surface area (Å²) in [5.41, 5.74) is 26.1. The molecule has 0 aromatic rings. The van der Waals surface area contributed by atoms with E-state index in [-0.39, 0.29) is 44.4 Å². The molecule has 1 saturated heterocycles. The maximum Gasteiger partial charge on any atom is 0.252 e. The molecule has 2 aliphatic carbocycles. The number of rotatable bonds is 12. The predicted molar refractivity (Wildman–Crippen MR) is 164 cm³/mol. The second-order valence-corrected chi connectivity index (χ2v) is 13.0. The third-order valence-corrected chi connectivity index (χ3v) is 9.45. The Kier molecular flexibility index (Phi) is 11.7. The van der Waals surface area contributed by atoms with Gasteiger partial charge in [-0.25, -0.2) is 0 Å². The number of likely N-dealkylation sites (N-methyl/N-ethyl adjacent to an activating group) is 1. The van der Waals surface area contributed by atoms with Gasteiger partial charge in [-0.15, -0.1) is 0 Å². The summed E-state index contributed by atoms with van der Waals surface area (Å²) in [6, 6.07) is -3.03. The smallest absolute Gasteiger partial charge is 0.252 e. The highest BCUT2D eigenvalue weighted by atomic mass is 16.7. The minimum absolute atomic E-state index is 0.00978. The number of aliphatic imine (C=N–C) groups is 1. The number of guanidine groups is 1. The minimum Gasteiger partial charge on any atom is -0.492 e. The molecule has 2 aliphatic heterocycles. The molecule has 0 spiro atoms. The van der Waals surface area contributed by atoms with Crippen molar-refractivity contribution in [3.05, 3.63) is 11.8 Å². The van der Waals surface area contributed by atoms with Crippen LogP contribution >= 0.6 is 0 Å². The Balaban J connectivity index is 1.59. The average Bonchev–Trinajstić information content (AvgIpc) is 2.95. The Labute approximate surface area is 263 Å². The van der Waals surface area contributed by atoms with Gasteiger partial charge in [0.2, 0.25) is 0 Å². The molecular formula is C28H53N9O8. The molecule has 17 nitrogen and oxygen atoms in total. The van der Waals surface area contributed by atoms with E-state index in [1.54, 1.807) is 7.05 Å². The molecule has 1 amide bonds. The molecule has 258 valence electrons. The highest BCUT2D eigenvalue weighted by Crippen LogP contribution is 2.39. The van der Waals surface area contributed by atoms with Gasteiger partial charge >= 0.3 is 0 Å². The van der Waals surface area contributed by atoms with E-state index in [0.717, 1.165) is 6.42 Å². The van der Waals surface area contributed by atoms with E-state index in [2.05, 4.69) is 20.9 Å². The van der Waals surface area contributed by atoms with Crippen molar-refractivity contribution in [1.29, 1.82) is 0 Å². The quantitative estimate of drug-likeness (QED) is 0.0537. The molecule has 3 fully saturated rings. The van der Waals surface area contributed by atoms with E-state index < -0.39 is 77.9 Å². The zero-order valence-corrected chi connectivity index (χ0v) is 26.0. The Morgan fingerprint density at radius 3 is 2.51 bits per heavy atom. The van der Waals surface area contributed by atoms with Gasteiger partial charge in [0.15, 0.2) is 12.2 Å². The molecule has 4 rings (SSSR count). The van der Waals surface area contributed by atoms with Gasteiger partial charge in [-0.2, -0.15) is 0 Å². The molecule has 11 atom stereocenters. The molecule has 45 heavy (non-hydrogen) atoms. The number of aliphatic hydroxyl groups excluding tert-OH is 2. The van der Waals surface area contributed by atoms with Crippen LogP contribution in [0.15, 0.2) is 16.8 Å². The fraction of sp³-hybridized carbons (Fsp3) is 0.857. The Hall–Kier alpha value is -2.16. The molecule has 4 aliphatic rings. The number of amides is 1. The molecule has 0 aromatic heterocycles. The number of nitrogens with two attached hydrogens (primary N) is 5. The first-order valence-corrected chi connectivity index (χ1v) is 15.6. The first-order valence-electron chi connectivity index (χ1n) is 15.6. The molecule has 11 unspecified atom stereocenters. The van der Waals surface area contributed by atoms with Gasteiger partial charge in [-0.3, -0.25) is 9.79 Å². The number of aliphatic hydroxyl groups is 4. The highest BCUT2D eigenvalue weighted by Gasteiger charge is 2.55. The first-order chi connectivity index (χ1) is 21.2. The van der Waals surface area contributed by atoms with Crippen molar-refractivity contribution < 1.29 is 39.4 Å². The minimum atomic E-state index is -1.73. The summed E-state index contributed by atoms with van der Waals surface area (Å²) in [6.07, 6.45) is -2.33. The van der Waals surface area contributed by atoms with Crippen molar-refractivity contribution in [1.82, 2.24) is 16.0 Å². The molecule has 0 radical (unpaired) electrons. The van der Waals surface area contributed by atoms with Gasteiger partial charge in [0, 0.05) is 30.8 Å². The Bertz CT molecular complexity index is 1070. The van der Waals surface area contributed by atoms with Crippen LogP contribution in [0.25, 0.3) is 0 Å². The van der Waals surface area contributed by atoms with Crippen molar-refractivity contribution in [3.63, 3.8) is 0 Å². The lowest BCUT2D eigenvalue weighted by molar-refractivity contribution is -0.297. The van der Waals surface area contributed by atoms with Gasteiger partial charge in [-0.1, -0.05) is 0 Å². The zero-order valence-electron chi connectivity index (χ0n) is 26.0. The third-order valence-electron chi connectivity index (χ3n) is 9.45. The predicted octanol–water partition coefficient (Wildman–Crippen LogP) is -5.27. The molecule has 0 aromatic carbocycles. The first kappa shape index (κ1) is 35.7. The summed E-state index contributed by atoms with van der Waals surface area (Å²) >= 11 is 0. The number of carbonyl (C=O) groups is 1. The lowest BCUT2D eigenvalue weighted by atomic mass is 9.71. The summed E-state index contributed by atoms with van der Waals surface area (Å²) in [6.45, 7) is 2.64. The number of carbonyl (C=O) groups excluding carboxylic acids is 1. The number of nitrogens with one attached hydrogen (secondary N) is 3. The zero-order chi connectivity index (χ0) is 33.1. The van der Waals surface area contributed by atoms with Crippen LogP contribution < -0.4 is 44.6 Å². The topological polar surface area (TPSA) is 304 Å². The maximum atomic E-state index is 13.4. The van der Waals surface area contributed by atoms with E-state index in [1.165, 1.54) is 6.92 Å². The van der Waals surface area contributed by atoms with Gasteiger partial charge in [0.05, 0.1) is 37.4 Å². The van der Waals surface area contributed by atoms with Crippen LogP contribution in [0.1, 0.15) is 39.0 Å². The van der Waals surface area contributed by atoms with Gasteiger partial charge < -0.3 is 79.3 Å². The van der Waals surface area contributed by atoms with E-state index in [9.17, 15) is 25.2 Å². The SMILES string of the molecule is CNC1C(O)C(OC2C(NC(=O)C3(O)CC(N=C(N)N)C3)CC(N)C(C3OC(CN)=CCC3NCCCN)C2O)OCC1(C)O. The van der Waals surface area contributed by atoms with Crippen molar-refractivity contribution in [2.24, 2.45) is 39.6 Å². The number of nitrogens with zero attached hydrogens (tertiary/aromatic N) is 1. The second-order valence-electron chi connectivity index (χ2n) is 13.0. The Morgan fingerprint density at radius 2 is 1.89 bits per heavy atom. The highest BCUT2D eigenvalue weighted by molar-refractivity contribution is 5.87. The number of hydrogen-bond acceptors (Lipinski definition) is 14. The normalized spacial score (nSPS) is 43.4. The molecule has 0 bridgehead atoms. The van der Waals surface area contributed by atoms with Crippen LogP contribution in [-0.4, -0.2) is 138 Å². The van der Waals surface area contributed by atoms with Gasteiger partial charge in [0.25, 0.3) is 5.91 Å². The summed E-state index contributed by atoms with van der Waals surface area (Å²) in [5.74, 6) is -0.958. The van der Waals surface area contributed by atoms with E-state index in [4.69, 9.17) is 42.9 Å². The van der Waals surface area contributed by atoms with Crippen molar-refractivity contribution in [2.45, 2.75) is 111 Å². The van der Waals surface area contributed by atoms with Crippen molar-refractivity contribution in [2.75, 3.05) is 33.3 Å². The second kappa shape index (κ2) is 14.7. The van der Waals surface area contributed by atoms with Crippen LogP contribution in [0.2, 0.25) is 0 Å². The average molecular weight is 644 g/mol. The van der Waals surface area contributed by atoms with E-state index >= 15 is 0 Å².